The molecule has 2 atom stereocenters. The average molecular weight is 391 g/mol. The third-order valence-electron chi connectivity index (χ3n) is 3.84. The molecule has 0 bridgehead atoms. The molecule has 1 aromatic rings. The van der Waals surface area contributed by atoms with Crippen LogP contribution in [0.1, 0.15) is 20.3 Å². The van der Waals surface area contributed by atoms with Gasteiger partial charge in [0.15, 0.2) is 0 Å². The van der Waals surface area contributed by atoms with Crippen LogP contribution in [0, 0.1) is 0 Å². The first-order valence-electron chi connectivity index (χ1n) is 7.88. The van der Waals surface area contributed by atoms with Crippen LogP contribution in [0.3, 0.4) is 0 Å². The Hall–Kier alpha value is -1.35. The van der Waals surface area contributed by atoms with Crippen LogP contribution in [-0.4, -0.2) is 56.8 Å². The molecule has 0 saturated carbocycles. The van der Waals surface area contributed by atoms with Gasteiger partial charge < -0.3 is 14.8 Å². The maximum absolute atomic E-state index is 12.7. The van der Waals surface area contributed by atoms with Crippen LogP contribution in [0.25, 0.3) is 0 Å². The second-order valence-electron chi connectivity index (χ2n) is 6.24. The number of nitrogens with one attached hydrogen (secondary N) is 1. The highest BCUT2D eigenvalue weighted by molar-refractivity contribution is 7.88. The van der Waals surface area contributed by atoms with E-state index in [1.54, 1.807) is 18.2 Å². The lowest BCUT2D eigenvalue weighted by molar-refractivity contribution is -0.119. The minimum Gasteiger partial charge on any atom is -0.489 e. The first-order chi connectivity index (χ1) is 11.6. The molecule has 7 nitrogen and oxygen atoms in total. The van der Waals surface area contributed by atoms with Gasteiger partial charge in [0, 0.05) is 25.1 Å². The average Bonchev–Trinajstić information content (AvgIpc) is 2.94. The summed E-state index contributed by atoms with van der Waals surface area (Å²) in [7, 11) is -2.04. The van der Waals surface area contributed by atoms with E-state index < -0.39 is 22.0 Å². The standard InChI is InChI=1S/C16H23ClN2O5S/c1-10(2)24-15-6-5-11(17)7-13(15)18-16(20)14-8-12(23-3)9-19(14)25(4,21)22/h5-7,10,12,14H,8-9H2,1-4H3,(H,18,20)/t12-,14+/m0/s1. The van der Waals surface area contributed by atoms with Crippen LogP contribution >= 0.6 is 11.6 Å². The fourth-order valence-corrected chi connectivity index (χ4v) is 3.97. The lowest BCUT2D eigenvalue weighted by atomic mass is 10.2. The Balaban J connectivity index is 2.25. The van der Waals surface area contributed by atoms with Gasteiger partial charge in [-0.2, -0.15) is 4.31 Å². The first kappa shape index (κ1) is 20.0. The van der Waals surface area contributed by atoms with Crippen LogP contribution in [0.4, 0.5) is 5.69 Å². The number of anilines is 1. The van der Waals surface area contributed by atoms with Crippen molar-refractivity contribution in [1.29, 1.82) is 0 Å². The zero-order chi connectivity index (χ0) is 18.8. The second-order valence-corrected chi connectivity index (χ2v) is 8.61. The molecule has 1 saturated heterocycles. The highest BCUT2D eigenvalue weighted by atomic mass is 35.5. The van der Waals surface area contributed by atoms with Crippen molar-refractivity contribution in [3.05, 3.63) is 23.2 Å². The van der Waals surface area contributed by atoms with Crippen molar-refractivity contribution in [2.45, 2.75) is 38.5 Å². The Bertz CT molecular complexity index is 738. The van der Waals surface area contributed by atoms with Crippen molar-refractivity contribution in [2.24, 2.45) is 0 Å². The van der Waals surface area contributed by atoms with Gasteiger partial charge in [-0.1, -0.05) is 11.6 Å². The highest BCUT2D eigenvalue weighted by Gasteiger charge is 2.42. The molecule has 1 aliphatic rings. The SMILES string of the molecule is CO[C@H]1C[C@H](C(=O)Nc2cc(Cl)ccc2OC(C)C)N(S(C)(=O)=O)C1. The molecule has 0 radical (unpaired) electrons. The number of nitrogens with zero attached hydrogens (tertiary/aromatic N) is 1. The van der Waals surface area contributed by atoms with Gasteiger partial charge in [0.2, 0.25) is 15.9 Å². The summed E-state index contributed by atoms with van der Waals surface area (Å²) < 4.78 is 36.0. The zero-order valence-corrected chi connectivity index (χ0v) is 16.2. The maximum atomic E-state index is 12.7. The van der Waals surface area contributed by atoms with Crippen molar-refractivity contribution in [1.82, 2.24) is 4.31 Å². The number of ether oxygens (including phenoxy) is 2. The number of rotatable bonds is 6. The Morgan fingerprint density at radius 2 is 2.08 bits per heavy atom. The van der Waals surface area contributed by atoms with E-state index >= 15 is 0 Å². The largest absolute Gasteiger partial charge is 0.489 e. The van der Waals surface area contributed by atoms with Gasteiger partial charge in [0.25, 0.3) is 0 Å². The molecule has 1 amide bonds. The Morgan fingerprint density at radius 1 is 1.40 bits per heavy atom. The van der Waals surface area contributed by atoms with Gasteiger partial charge in [-0.05, 0) is 32.0 Å². The summed E-state index contributed by atoms with van der Waals surface area (Å²) in [5.41, 5.74) is 0.403. The number of hydrogen-bond acceptors (Lipinski definition) is 5. The molecule has 2 rings (SSSR count). The number of halogens is 1. The van der Waals surface area contributed by atoms with Gasteiger partial charge >= 0.3 is 0 Å². The predicted octanol–water partition coefficient (Wildman–Crippen LogP) is 2.11. The van der Waals surface area contributed by atoms with E-state index in [1.807, 2.05) is 13.8 Å². The summed E-state index contributed by atoms with van der Waals surface area (Å²) in [5, 5.41) is 3.17. The molecule has 1 aliphatic heterocycles. The quantitative estimate of drug-likeness (QED) is 0.804. The molecule has 0 aromatic heterocycles. The summed E-state index contributed by atoms with van der Waals surface area (Å²) in [6.07, 6.45) is 0.957. The number of carbonyl (C=O) groups is 1. The lowest BCUT2D eigenvalue weighted by Crippen LogP contribution is -2.42. The Labute approximate surface area is 153 Å². The van der Waals surface area contributed by atoms with E-state index in [-0.39, 0.29) is 25.2 Å². The van der Waals surface area contributed by atoms with Crippen molar-refractivity contribution in [3.8, 4) is 5.75 Å². The summed E-state index contributed by atoms with van der Waals surface area (Å²) in [4.78, 5) is 12.7. The predicted molar refractivity (Wildman–Crippen MR) is 96.6 cm³/mol. The van der Waals surface area contributed by atoms with Crippen molar-refractivity contribution >= 4 is 33.2 Å². The molecular formula is C16H23ClN2O5S. The molecular weight excluding hydrogens is 368 g/mol. The fraction of sp³-hybridized carbons (Fsp3) is 0.562. The Kier molecular flexibility index (Phi) is 6.31. The molecule has 1 heterocycles. The highest BCUT2D eigenvalue weighted by Crippen LogP contribution is 2.31. The van der Waals surface area contributed by atoms with Crippen LogP contribution in [0.15, 0.2) is 18.2 Å². The number of methoxy groups -OCH3 is 1. The summed E-state index contributed by atoms with van der Waals surface area (Å²) in [6.45, 7) is 3.88. The van der Waals surface area contributed by atoms with Crippen LogP contribution < -0.4 is 10.1 Å². The van der Waals surface area contributed by atoms with Crippen LogP contribution in [0.2, 0.25) is 5.02 Å². The molecule has 25 heavy (non-hydrogen) atoms. The van der Waals surface area contributed by atoms with Crippen molar-refractivity contribution < 1.29 is 22.7 Å². The Morgan fingerprint density at radius 3 is 2.64 bits per heavy atom. The zero-order valence-electron chi connectivity index (χ0n) is 14.7. The first-order valence-corrected chi connectivity index (χ1v) is 10.1. The molecule has 0 unspecified atom stereocenters. The minimum atomic E-state index is -3.53. The number of amides is 1. The van der Waals surface area contributed by atoms with E-state index in [9.17, 15) is 13.2 Å². The van der Waals surface area contributed by atoms with Gasteiger partial charge in [-0.25, -0.2) is 8.42 Å². The normalized spacial score (nSPS) is 21.5. The molecule has 9 heteroatoms. The van der Waals surface area contributed by atoms with Crippen LogP contribution in [-0.2, 0) is 19.6 Å². The van der Waals surface area contributed by atoms with Gasteiger partial charge in [0.05, 0.1) is 24.2 Å². The third kappa shape index (κ3) is 5.07. The van der Waals surface area contributed by atoms with E-state index in [0.29, 0.717) is 16.5 Å². The fourth-order valence-electron chi connectivity index (χ4n) is 2.72. The smallest absolute Gasteiger partial charge is 0.243 e. The van der Waals surface area contributed by atoms with Crippen molar-refractivity contribution in [2.75, 3.05) is 25.2 Å². The number of hydrogen-bond donors (Lipinski definition) is 1. The van der Waals surface area contributed by atoms with Gasteiger partial charge in [-0.15, -0.1) is 0 Å². The van der Waals surface area contributed by atoms with Crippen LogP contribution in [0.5, 0.6) is 5.75 Å². The monoisotopic (exact) mass is 390 g/mol. The summed E-state index contributed by atoms with van der Waals surface area (Å²) in [6, 6.07) is 4.06. The van der Waals surface area contributed by atoms with E-state index in [0.717, 1.165) is 10.6 Å². The third-order valence-corrected chi connectivity index (χ3v) is 5.33. The number of sulfonamides is 1. The van der Waals surface area contributed by atoms with Crippen molar-refractivity contribution in [3.63, 3.8) is 0 Å². The molecule has 1 aromatic carbocycles. The van der Waals surface area contributed by atoms with E-state index in [1.165, 1.54) is 7.11 Å². The molecule has 0 spiro atoms. The summed E-state index contributed by atoms with van der Waals surface area (Å²) >= 11 is 6.01. The number of carbonyl (C=O) groups excluding carboxylic acids is 1. The van der Waals surface area contributed by atoms with E-state index in [4.69, 9.17) is 21.1 Å². The summed E-state index contributed by atoms with van der Waals surface area (Å²) in [5.74, 6) is 0.0285. The number of benzene rings is 1. The topological polar surface area (TPSA) is 84.9 Å². The van der Waals surface area contributed by atoms with Gasteiger partial charge in [0.1, 0.15) is 11.8 Å². The molecule has 140 valence electrons. The lowest BCUT2D eigenvalue weighted by Gasteiger charge is -2.22. The second kappa shape index (κ2) is 7.90. The van der Waals surface area contributed by atoms with E-state index in [2.05, 4.69) is 5.32 Å². The minimum absolute atomic E-state index is 0.0892. The molecule has 1 N–H and O–H groups in total. The molecule has 0 aliphatic carbocycles. The van der Waals surface area contributed by atoms with Gasteiger partial charge in [-0.3, -0.25) is 4.79 Å². The molecule has 1 fully saturated rings. The maximum Gasteiger partial charge on any atom is 0.243 e.